The van der Waals surface area contributed by atoms with Crippen LogP contribution in [0.1, 0.15) is 15.9 Å². The lowest BCUT2D eigenvalue weighted by Crippen LogP contribution is -2.17. The van der Waals surface area contributed by atoms with E-state index in [9.17, 15) is 4.79 Å². The molecule has 2 aromatic carbocycles. The van der Waals surface area contributed by atoms with Gasteiger partial charge in [0.1, 0.15) is 12.4 Å². The largest absolute Gasteiger partial charge is 0.481 e. The lowest BCUT2D eigenvalue weighted by molar-refractivity contribution is 0.0955. The highest BCUT2D eigenvalue weighted by Gasteiger charge is 2.01. The molecule has 0 fully saturated rings. The Morgan fingerprint density at radius 3 is 2.57 bits per heavy atom. The predicted molar refractivity (Wildman–Crippen MR) is 82.3 cm³/mol. The maximum atomic E-state index is 11.7. The van der Waals surface area contributed by atoms with Gasteiger partial charge in [0.15, 0.2) is 0 Å². The topological polar surface area (TPSA) is 50.7 Å². The van der Waals surface area contributed by atoms with Crippen molar-refractivity contribution in [2.45, 2.75) is 0 Å². The molecular formula is C17H14N2O2. The Labute approximate surface area is 123 Å². The molecule has 0 radical (unpaired) electrons. The second kappa shape index (κ2) is 7.51. The first-order valence-electron chi connectivity index (χ1n) is 6.34. The Morgan fingerprint density at radius 2 is 1.90 bits per heavy atom. The van der Waals surface area contributed by atoms with Gasteiger partial charge in [0.2, 0.25) is 0 Å². The molecule has 4 heteroatoms. The van der Waals surface area contributed by atoms with Crippen molar-refractivity contribution in [1.82, 2.24) is 5.43 Å². The molecule has 0 spiro atoms. The molecule has 0 aliphatic rings. The third-order valence-electron chi connectivity index (χ3n) is 2.62. The number of hydrazone groups is 1. The molecule has 0 bridgehead atoms. The monoisotopic (exact) mass is 278 g/mol. The van der Waals surface area contributed by atoms with Gasteiger partial charge in [-0.3, -0.25) is 4.79 Å². The third-order valence-corrected chi connectivity index (χ3v) is 2.62. The number of nitrogens with zero attached hydrogens (tertiary/aromatic N) is 1. The standard InChI is InChI=1S/C17H14N2O2/c1-2-12-21-16-10-8-14(9-11-16)13-18-19-17(20)15-6-4-3-5-7-15/h1,3-11,13H,12H2,(H,19,20)/b18-13+. The van der Waals surface area contributed by atoms with Crippen LogP contribution in [0.5, 0.6) is 5.75 Å². The third kappa shape index (κ3) is 4.51. The number of carbonyl (C=O) groups is 1. The van der Waals surface area contributed by atoms with E-state index in [1.807, 2.05) is 18.2 Å². The average Bonchev–Trinajstić information content (AvgIpc) is 2.55. The fourth-order valence-corrected chi connectivity index (χ4v) is 1.59. The van der Waals surface area contributed by atoms with Gasteiger partial charge < -0.3 is 4.74 Å². The number of ether oxygens (including phenoxy) is 1. The molecule has 4 nitrogen and oxygen atoms in total. The van der Waals surface area contributed by atoms with Crippen LogP contribution in [0.4, 0.5) is 0 Å². The smallest absolute Gasteiger partial charge is 0.271 e. The zero-order valence-corrected chi connectivity index (χ0v) is 11.3. The van der Waals surface area contributed by atoms with E-state index in [-0.39, 0.29) is 12.5 Å². The number of hydrogen-bond acceptors (Lipinski definition) is 3. The Morgan fingerprint density at radius 1 is 1.19 bits per heavy atom. The van der Waals surface area contributed by atoms with Crippen LogP contribution in [0.2, 0.25) is 0 Å². The molecule has 0 aromatic heterocycles. The van der Waals surface area contributed by atoms with Crippen LogP contribution in [0.25, 0.3) is 0 Å². The van der Waals surface area contributed by atoms with Crippen molar-refractivity contribution in [3.63, 3.8) is 0 Å². The van der Waals surface area contributed by atoms with E-state index >= 15 is 0 Å². The van der Waals surface area contributed by atoms with Crippen LogP contribution < -0.4 is 10.2 Å². The van der Waals surface area contributed by atoms with Gasteiger partial charge in [-0.2, -0.15) is 5.10 Å². The van der Waals surface area contributed by atoms with Crippen molar-refractivity contribution in [3.8, 4) is 18.1 Å². The summed E-state index contributed by atoms with van der Waals surface area (Å²) in [6.07, 6.45) is 6.67. The molecule has 21 heavy (non-hydrogen) atoms. The molecule has 0 heterocycles. The van der Waals surface area contributed by atoms with E-state index < -0.39 is 0 Å². The summed E-state index contributed by atoms with van der Waals surface area (Å²) < 4.78 is 5.26. The van der Waals surface area contributed by atoms with E-state index in [1.54, 1.807) is 42.6 Å². The Hall–Kier alpha value is -3.06. The highest BCUT2D eigenvalue weighted by atomic mass is 16.5. The van der Waals surface area contributed by atoms with E-state index in [4.69, 9.17) is 11.2 Å². The van der Waals surface area contributed by atoms with Crippen molar-refractivity contribution in [1.29, 1.82) is 0 Å². The molecule has 1 amide bonds. The average molecular weight is 278 g/mol. The van der Waals surface area contributed by atoms with E-state index in [0.717, 1.165) is 5.56 Å². The number of rotatable bonds is 5. The van der Waals surface area contributed by atoms with Crippen LogP contribution >= 0.6 is 0 Å². The summed E-state index contributed by atoms with van der Waals surface area (Å²) in [5.41, 5.74) is 3.88. The summed E-state index contributed by atoms with van der Waals surface area (Å²) in [6, 6.07) is 16.1. The summed E-state index contributed by atoms with van der Waals surface area (Å²) >= 11 is 0. The van der Waals surface area contributed by atoms with Crippen LogP contribution in [0.15, 0.2) is 59.7 Å². The number of hydrogen-bond donors (Lipinski definition) is 1. The maximum Gasteiger partial charge on any atom is 0.271 e. The molecule has 1 N–H and O–H groups in total. The Kier molecular flexibility index (Phi) is 5.13. The second-order valence-corrected chi connectivity index (χ2v) is 4.13. The van der Waals surface area contributed by atoms with Gasteiger partial charge in [0, 0.05) is 5.56 Å². The molecule has 0 saturated carbocycles. The molecule has 2 rings (SSSR count). The molecule has 104 valence electrons. The number of carbonyl (C=O) groups excluding carboxylic acids is 1. The minimum absolute atomic E-state index is 0.237. The van der Waals surface area contributed by atoms with Gasteiger partial charge in [-0.15, -0.1) is 6.42 Å². The summed E-state index contributed by atoms with van der Waals surface area (Å²) in [6.45, 7) is 0.237. The zero-order valence-electron chi connectivity index (χ0n) is 11.3. The zero-order chi connectivity index (χ0) is 14.9. The summed E-state index contributed by atoms with van der Waals surface area (Å²) in [5.74, 6) is 2.84. The van der Waals surface area contributed by atoms with Gasteiger partial charge in [0.25, 0.3) is 5.91 Å². The summed E-state index contributed by atoms with van der Waals surface area (Å²) in [5, 5.41) is 3.91. The number of amides is 1. The molecule has 2 aromatic rings. The molecular weight excluding hydrogens is 264 g/mol. The van der Waals surface area contributed by atoms with Crippen LogP contribution in [0, 0.1) is 12.3 Å². The minimum Gasteiger partial charge on any atom is -0.481 e. The molecule has 0 aliphatic heterocycles. The molecule has 0 aliphatic carbocycles. The summed E-state index contributed by atoms with van der Waals surface area (Å²) in [7, 11) is 0. The summed E-state index contributed by atoms with van der Waals surface area (Å²) in [4.78, 5) is 11.7. The van der Waals surface area contributed by atoms with E-state index in [1.165, 1.54) is 0 Å². The first-order chi connectivity index (χ1) is 10.3. The van der Waals surface area contributed by atoms with E-state index in [2.05, 4.69) is 16.4 Å². The Balaban J connectivity index is 1.90. The Bertz CT molecular complexity index is 655. The lowest BCUT2D eigenvalue weighted by Gasteiger charge is -2.02. The maximum absolute atomic E-state index is 11.7. The van der Waals surface area contributed by atoms with Crippen LogP contribution in [-0.2, 0) is 0 Å². The normalized spacial score (nSPS) is 10.0. The molecule has 0 unspecified atom stereocenters. The van der Waals surface area contributed by atoms with Gasteiger partial charge in [-0.25, -0.2) is 5.43 Å². The van der Waals surface area contributed by atoms with Crippen molar-refractivity contribution in [2.75, 3.05) is 6.61 Å². The molecule has 0 atom stereocenters. The second-order valence-electron chi connectivity index (χ2n) is 4.13. The van der Waals surface area contributed by atoms with Gasteiger partial charge in [-0.1, -0.05) is 24.1 Å². The number of benzene rings is 2. The van der Waals surface area contributed by atoms with E-state index in [0.29, 0.717) is 11.3 Å². The van der Waals surface area contributed by atoms with Crippen molar-refractivity contribution >= 4 is 12.1 Å². The first kappa shape index (κ1) is 14.4. The number of terminal acetylenes is 1. The van der Waals surface area contributed by atoms with Crippen molar-refractivity contribution in [2.24, 2.45) is 5.10 Å². The highest BCUT2D eigenvalue weighted by Crippen LogP contribution is 2.10. The van der Waals surface area contributed by atoms with Gasteiger partial charge in [0.05, 0.1) is 6.21 Å². The predicted octanol–water partition coefficient (Wildman–Crippen LogP) is 2.46. The van der Waals surface area contributed by atoms with Crippen molar-refractivity contribution in [3.05, 3.63) is 65.7 Å². The SMILES string of the molecule is C#CCOc1ccc(/C=N/NC(=O)c2ccccc2)cc1. The van der Waals surface area contributed by atoms with Gasteiger partial charge >= 0.3 is 0 Å². The fraction of sp³-hybridized carbons (Fsp3) is 0.0588. The van der Waals surface area contributed by atoms with Crippen LogP contribution in [-0.4, -0.2) is 18.7 Å². The lowest BCUT2D eigenvalue weighted by atomic mass is 10.2. The molecule has 0 saturated heterocycles. The first-order valence-corrected chi connectivity index (χ1v) is 6.34. The highest BCUT2D eigenvalue weighted by molar-refractivity contribution is 5.94. The van der Waals surface area contributed by atoms with Crippen LogP contribution in [0.3, 0.4) is 0 Å². The van der Waals surface area contributed by atoms with Crippen molar-refractivity contribution < 1.29 is 9.53 Å². The fourth-order valence-electron chi connectivity index (χ4n) is 1.59. The quantitative estimate of drug-likeness (QED) is 0.519. The minimum atomic E-state index is -0.249. The van der Waals surface area contributed by atoms with Gasteiger partial charge in [-0.05, 0) is 42.0 Å². The number of nitrogens with one attached hydrogen (secondary N) is 1.